The highest BCUT2D eigenvalue weighted by Crippen LogP contribution is 2.59. The van der Waals surface area contributed by atoms with Gasteiger partial charge in [-0.15, -0.1) is 0 Å². The summed E-state index contributed by atoms with van der Waals surface area (Å²) in [4.78, 5) is 86.6. The van der Waals surface area contributed by atoms with Crippen molar-refractivity contribution in [3.05, 3.63) is 50.0 Å². The predicted molar refractivity (Wildman–Crippen MR) is 419 cm³/mol. The van der Waals surface area contributed by atoms with Crippen LogP contribution in [0, 0.1) is 0 Å². The van der Waals surface area contributed by atoms with Crippen molar-refractivity contribution in [1.82, 2.24) is 72.4 Å². The van der Waals surface area contributed by atoms with Gasteiger partial charge >= 0.3 is 17.1 Å². The Morgan fingerprint density at radius 1 is 0.567 bits per heavy atom. The summed E-state index contributed by atoms with van der Waals surface area (Å²) in [7, 11) is 4.21. The third-order valence-electron chi connectivity index (χ3n) is 20.6. The largest absolute Gasteiger partial charge is 0.407 e. The zero-order valence-corrected chi connectivity index (χ0v) is 72.4. The van der Waals surface area contributed by atoms with E-state index >= 15 is 0 Å². The van der Waals surface area contributed by atoms with E-state index in [4.69, 9.17) is 45.8 Å². The fraction of sp³-hybridized carbons (Fsp3) is 0.743. The third-order valence-corrected chi connectivity index (χ3v) is 39.8. The van der Waals surface area contributed by atoms with Crippen LogP contribution in [0.1, 0.15) is 171 Å². The Bertz CT molecular complexity index is 4260. The maximum atomic E-state index is 13.3. The number of H-pyrrole nitrogens is 1. The molecule has 10 atom stereocenters. The number of imidazole rings is 3. The van der Waals surface area contributed by atoms with E-state index in [1.54, 1.807) is 75.9 Å². The Hall–Kier alpha value is -6.03. The molecule has 0 aromatic carbocycles. The third kappa shape index (κ3) is 16.7. The molecule has 10 rings (SSSR count). The molecular formula is C70H122N18O12Si4. The number of rotatable bonds is 16. The van der Waals surface area contributed by atoms with Crippen molar-refractivity contribution in [3.63, 3.8) is 0 Å². The minimum atomic E-state index is -2.81. The normalized spacial score (nSPS) is 23.4. The standard InChI is InChI=1S/C28H50N6O5Si2.C27H48N6O5Si2.C15H24N6O2/c1-26(2,3)40(13,14)38-21-20-18(15-36-41(39-20,27(4,5)6)28(7,8)9)37-24(21)34-17-29-19-22(34)31-25(30-16-32(10)11)33(12)23(19)35;1-25(2,3)39(12,13)37-20-19-17(14-35-40(38-19,26(4,5)6)27(7,8)9)36-23(20)33-16-28-18-21(33)30-24(31-22(18)34)29-15-32(10)11;1-7-10(2)23-11(3)21-9-16-12-13(21)18-15(17-8-19(4)5)20(6)14(12)22/h16-18,20-21,24H,15H2,1-14H3;15-17,19-20,23H,14H2,1-13H3,(H,30,31,34);8-11H,7H2,1-6H3/t18-,20+,21?,24-;17-,19+,20?,23-;10-,11+/m110/s1. The van der Waals surface area contributed by atoms with Crippen LogP contribution < -0.4 is 16.7 Å². The molecule has 1 N–H and O–H groups in total. The quantitative estimate of drug-likeness (QED) is 0.0535. The molecule has 10 heterocycles. The first-order chi connectivity index (χ1) is 47.6. The van der Waals surface area contributed by atoms with Gasteiger partial charge in [-0.05, 0) is 56.5 Å². The molecule has 104 heavy (non-hydrogen) atoms. The molecule has 0 saturated carbocycles. The van der Waals surface area contributed by atoms with Gasteiger partial charge in [0, 0.05) is 76.5 Å². The summed E-state index contributed by atoms with van der Waals surface area (Å²) < 4.78 is 69.6. The summed E-state index contributed by atoms with van der Waals surface area (Å²) in [6.07, 6.45) is 6.91. The molecule has 0 bridgehead atoms. The molecule has 0 radical (unpaired) electrons. The van der Waals surface area contributed by atoms with E-state index in [9.17, 15) is 14.4 Å². The van der Waals surface area contributed by atoms with Crippen LogP contribution in [0.2, 0.25) is 56.4 Å². The Morgan fingerprint density at radius 2 is 0.933 bits per heavy atom. The summed E-state index contributed by atoms with van der Waals surface area (Å²) in [5.74, 6) is 0.798. The van der Waals surface area contributed by atoms with Crippen LogP contribution in [0.15, 0.2) is 48.3 Å². The van der Waals surface area contributed by atoms with Gasteiger partial charge < -0.3 is 55.5 Å². The second-order valence-electron chi connectivity index (χ2n) is 35.8. The topological polar surface area (TPSA) is 299 Å². The molecular weight excluding hydrogens is 1400 g/mol. The van der Waals surface area contributed by atoms with Crippen LogP contribution in [0.4, 0.5) is 17.8 Å². The van der Waals surface area contributed by atoms with Gasteiger partial charge in [-0.25, -0.2) is 29.9 Å². The van der Waals surface area contributed by atoms with E-state index < -0.39 is 58.4 Å². The van der Waals surface area contributed by atoms with Gasteiger partial charge in [0.05, 0.1) is 57.3 Å². The van der Waals surface area contributed by atoms with Gasteiger partial charge in [-0.1, -0.05) is 132 Å². The van der Waals surface area contributed by atoms with E-state index in [-0.39, 0.29) is 107 Å². The van der Waals surface area contributed by atoms with Crippen molar-refractivity contribution < 1.29 is 40.8 Å². The lowest BCUT2D eigenvalue weighted by atomic mass is 10.1. The van der Waals surface area contributed by atoms with Crippen molar-refractivity contribution in [3.8, 4) is 0 Å². The van der Waals surface area contributed by atoms with Gasteiger partial charge in [-0.3, -0.25) is 42.2 Å². The maximum Gasteiger partial charge on any atom is 0.349 e. The van der Waals surface area contributed by atoms with Gasteiger partial charge in [0.1, 0.15) is 42.9 Å². The van der Waals surface area contributed by atoms with Crippen LogP contribution >= 0.6 is 0 Å². The minimum Gasteiger partial charge on any atom is -0.407 e. The van der Waals surface area contributed by atoms with Crippen LogP contribution in [-0.2, 0) is 54.9 Å². The van der Waals surface area contributed by atoms with Gasteiger partial charge in [-0.2, -0.15) is 15.0 Å². The summed E-state index contributed by atoms with van der Waals surface area (Å²) in [5, 5.41) is -0.834. The lowest BCUT2D eigenvalue weighted by molar-refractivity contribution is -0.0795. The van der Waals surface area contributed by atoms with Crippen molar-refractivity contribution in [1.29, 1.82) is 0 Å². The monoisotopic (exact) mass is 1520 g/mol. The number of hydrogen-bond donors (Lipinski definition) is 1. The zero-order chi connectivity index (χ0) is 78.1. The van der Waals surface area contributed by atoms with E-state index in [2.05, 4.69) is 203 Å². The Kier molecular flexibility index (Phi) is 24.3. The van der Waals surface area contributed by atoms with Crippen molar-refractivity contribution in [2.75, 3.05) is 55.5 Å². The van der Waals surface area contributed by atoms with E-state index in [1.165, 1.54) is 9.13 Å². The second-order valence-corrected chi connectivity index (χ2v) is 54.9. The number of ether oxygens (including phenoxy) is 3. The SMILES string of the molecule is CC[C@H](C)O[C@H](C)n1cnc2c(=O)n(C)c(N=CN(C)C)nc21.CN(C)C=Nc1nc2c(ncn2[C@@H]2O[C@@H]3CO[Si](C(C)(C)C)(C(C)(C)C)O[C@@H]3C2O[Si](C)(C)C(C)(C)C)c(=O)[nH]1.CN(C)C=Nc1nc2c(ncn2[C@@H]2O[C@@H]3CO[Si](C(C)(C)C)(C(C)(C)C)O[C@@H]3C2O[Si](C)(C)C(C)(C)C)c(=O)n1C. The smallest absolute Gasteiger partial charge is 0.349 e. The summed E-state index contributed by atoms with van der Waals surface area (Å²) in [5.41, 5.74) is 1.20. The van der Waals surface area contributed by atoms with Crippen molar-refractivity contribution >= 4 is 104 Å². The first-order valence-corrected chi connectivity index (χ1v) is 45.5. The maximum absolute atomic E-state index is 13.3. The van der Waals surface area contributed by atoms with E-state index in [1.807, 2.05) is 60.7 Å². The number of aromatic nitrogens is 12. The van der Waals surface area contributed by atoms with Gasteiger partial charge in [0.15, 0.2) is 62.6 Å². The molecule has 4 saturated heterocycles. The van der Waals surface area contributed by atoms with Crippen molar-refractivity contribution in [2.45, 2.75) is 270 Å². The molecule has 6 aromatic rings. The molecule has 0 aliphatic carbocycles. The fourth-order valence-electron chi connectivity index (χ4n) is 13.3. The van der Waals surface area contributed by atoms with Gasteiger partial charge in [0.25, 0.3) is 16.7 Å². The van der Waals surface area contributed by atoms with Crippen LogP contribution in [0.25, 0.3) is 33.5 Å². The number of aromatic amines is 1. The molecule has 4 aliphatic heterocycles. The molecule has 0 amide bonds. The predicted octanol–water partition coefficient (Wildman–Crippen LogP) is 11.9. The number of nitrogens with one attached hydrogen (secondary N) is 1. The highest BCUT2D eigenvalue weighted by molar-refractivity contribution is 6.75. The number of nitrogens with zero attached hydrogens (tertiary/aromatic N) is 17. The highest BCUT2D eigenvalue weighted by atomic mass is 28.4. The molecule has 4 aliphatic rings. The molecule has 4 fully saturated rings. The average Bonchev–Trinajstić information content (AvgIpc) is 1.46. The summed E-state index contributed by atoms with van der Waals surface area (Å²) >= 11 is 0. The zero-order valence-electron chi connectivity index (χ0n) is 68.4. The molecule has 34 heteroatoms. The first-order valence-electron chi connectivity index (χ1n) is 36.1. The number of hydrogen-bond acceptors (Lipinski definition) is 21. The first kappa shape index (κ1) is 83.6. The molecule has 0 spiro atoms. The summed E-state index contributed by atoms with van der Waals surface area (Å²) in [6, 6.07) is 0. The van der Waals surface area contributed by atoms with Crippen LogP contribution in [0.3, 0.4) is 0 Å². The minimum absolute atomic E-state index is 0.0379. The molecule has 580 valence electrons. The average molecular weight is 1520 g/mol. The fourth-order valence-corrected chi connectivity index (χ4v) is 25.8. The highest BCUT2D eigenvalue weighted by Gasteiger charge is 2.68. The summed E-state index contributed by atoms with van der Waals surface area (Å²) in [6.45, 7) is 55.6. The molecule has 2 unspecified atom stereocenters. The lowest BCUT2D eigenvalue weighted by Crippen LogP contribution is -2.66. The lowest BCUT2D eigenvalue weighted by Gasteiger charge is -2.54. The Labute approximate surface area is 618 Å². The van der Waals surface area contributed by atoms with Crippen molar-refractivity contribution in [2.24, 2.45) is 29.1 Å². The van der Waals surface area contributed by atoms with E-state index in [0.29, 0.717) is 41.6 Å². The Balaban J connectivity index is 0.000000206. The van der Waals surface area contributed by atoms with Crippen LogP contribution in [-0.4, -0.2) is 223 Å². The van der Waals surface area contributed by atoms with Gasteiger partial charge in [0.2, 0.25) is 17.8 Å². The van der Waals surface area contributed by atoms with Crippen LogP contribution in [0.5, 0.6) is 0 Å². The second kappa shape index (κ2) is 30.2. The van der Waals surface area contributed by atoms with E-state index in [0.717, 1.165) is 6.42 Å². The molecule has 6 aromatic heterocycles. The number of fused-ring (bicyclic) bond motifs is 5. The molecule has 30 nitrogen and oxygen atoms in total. The Morgan fingerprint density at radius 3 is 1.32 bits per heavy atom. The number of aliphatic imine (C=N–C) groups is 3.